The maximum atomic E-state index is 12.7. The molecule has 3 aromatic rings. The second-order valence-electron chi connectivity index (χ2n) is 8.93. The minimum atomic E-state index is -0.649. The molecule has 7 nitrogen and oxygen atoms in total. The van der Waals surface area contributed by atoms with E-state index in [9.17, 15) is 9.90 Å². The summed E-state index contributed by atoms with van der Waals surface area (Å²) in [6.07, 6.45) is 3.28. The number of thioether (sulfide) groups is 1. The molecule has 1 fully saturated rings. The molecule has 190 valence electrons. The Labute approximate surface area is 222 Å². The van der Waals surface area contributed by atoms with Crippen molar-refractivity contribution in [3.8, 4) is 11.8 Å². The van der Waals surface area contributed by atoms with Crippen LogP contribution in [-0.4, -0.2) is 75.1 Å². The number of hydrogen-bond donors (Lipinski definition) is 1. The van der Waals surface area contributed by atoms with E-state index in [1.165, 1.54) is 10.9 Å². The van der Waals surface area contributed by atoms with Gasteiger partial charge in [-0.25, -0.2) is 0 Å². The Morgan fingerprint density at radius 1 is 1.33 bits per heavy atom. The summed E-state index contributed by atoms with van der Waals surface area (Å²) in [7, 11) is 3.08. The number of piperidine rings is 1. The summed E-state index contributed by atoms with van der Waals surface area (Å²) in [5.74, 6) is 1.47. The summed E-state index contributed by atoms with van der Waals surface area (Å²) in [6.45, 7) is 2.50. The zero-order chi connectivity index (χ0) is 25.5. The molecule has 3 heterocycles. The average Bonchev–Trinajstić information content (AvgIpc) is 3.38. The van der Waals surface area contributed by atoms with Crippen LogP contribution in [-0.2, 0) is 9.53 Å². The van der Waals surface area contributed by atoms with Crippen LogP contribution in [0.25, 0.3) is 10.9 Å². The van der Waals surface area contributed by atoms with Gasteiger partial charge in [-0.3, -0.25) is 4.98 Å². The number of hydrogen-bond acceptors (Lipinski definition) is 8. The number of aliphatic hydroxyl groups is 1. The maximum absolute atomic E-state index is 12.7. The number of aliphatic hydroxyl groups excluding tert-OH is 1. The number of aromatic nitrogens is 1. The fraction of sp³-hybridized carbons (Fsp3) is 0.444. The van der Waals surface area contributed by atoms with Gasteiger partial charge in [0.15, 0.2) is 0 Å². The van der Waals surface area contributed by atoms with Gasteiger partial charge in [0.25, 0.3) is 0 Å². The fourth-order valence-electron chi connectivity index (χ4n) is 4.86. The van der Waals surface area contributed by atoms with Crippen molar-refractivity contribution in [2.45, 2.75) is 29.1 Å². The molecule has 2 aromatic heterocycles. The molecule has 1 aliphatic rings. The van der Waals surface area contributed by atoms with E-state index in [0.29, 0.717) is 13.0 Å². The zero-order valence-corrected chi connectivity index (χ0v) is 23.1. The third-order valence-electron chi connectivity index (χ3n) is 6.84. The van der Waals surface area contributed by atoms with Gasteiger partial charge >= 0.3 is 159 Å². The average molecular weight is 573 g/mol. The van der Waals surface area contributed by atoms with Crippen molar-refractivity contribution in [2.75, 3.05) is 39.6 Å². The number of carbonyl (C=O) groups is 1. The van der Waals surface area contributed by atoms with Crippen molar-refractivity contribution >= 4 is 43.1 Å². The van der Waals surface area contributed by atoms with Crippen LogP contribution in [0.3, 0.4) is 0 Å². The summed E-state index contributed by atoms with van der Waals surface area (Å²) < 4.78 is 12.7. The molecular weight excluding hydrogens is 541 g/mol. The molecule has 3 atom stereocenters. The van der Waals surface area contributed by atoms with E-state index in [0.717, 1.165) is 58.3 Å². The van der Waals surface area contributed by atoms with Crippen molar-refractivity contribution in [3.63, 3.8) is 0 Å². The topological polar surface area (TPSA) is 95.7 Å². The van der Waals surface area contributed by atoms with Gasteiger partial charge in [-0.15, -0.1) is 0 Å². The first-order valence-electron chi connectivity index (χ1n) is 12.1. The van der Waals surface area contributed by atoms with Crippen LogP contribution >= 0.6 is 11.8 Å². The van der Waals surface area contributed by atoms with Crippen molar-refractivity contribution in [3.05, 3.63) is 52.6 Å². The summed E-state index contributed by atoms with van der Waals surface area (Å²) in [5, 5.41) is 21.0. The van der Waals surface area contributed by atoms with Crippen LogP contribution in [0.2, 0.25) is 0 Å². The molecule has 0 aliphatic carbocycles. The van der Waals surface area contributed by atoms with E-state index >= 15 is 0 Å². The number of likely N-dealkylation sites (tertiary alicyclic amines) is 1. The molecule has 1 saturated heterocycles. The number of benzene rings is 1. The Bertz CT molecular complexity index is 1230. The van der Waals surface area contributed by atoms with Crippen molar-refractivity contribution in [1.82, 2.24) is 9.88 Å². The number of nitrogens with zero attached hydrogens (tertiary/aromatic N) is 3. The van der Waals surface area contributed by atoms with Crippen LogP contribution in [0.1, 0.15) is 35.4 Å². The first-order valence-corrected chi connectivity index (χ1v) is 14.8. The Balaban J connectivity index is 1.35. The summed E-state index contributed by atoms with van der Waals surface area (Å²) in [5.41, 5.74) is 1.65. The standard InChI is InChI=1S/C27H31N3O4SSe/c1-33-19-4-6-24-22(15-19)21(9-11-29-24)25(31)7-3-18-10-12-30(17-23(18)27(32)34-2)13-14-35-26-8-5-20(16-28)36-26/h4-6,8-9,11,15,18,23,25,31H,3,7,10,12-14,17H2,1-2H3/t18-,23+,25?/m1/s1. The van der Waals surface area contributed by atoms with Gasteiger partial charge in [0.1, 0.15) is 5.75 Å². The number of methoxy groups -OCH3 is 2. The molecule has 1 N–H and O–H groups in total. The second kappa shape index (κ2) is 12.8. The molecular formula is C27H31N3O4SSe. The molecule has 1 aromatic carbocycles. The van der Waals surface area contributed by atoms with Gasteiger partial charge in [0, 0.05) is 11.6 Å². The number of ether oxygens (including phenoxy) is 2. The predicted octanol–water partition coefficient (Wildman–Crippen LogP) is 3.89. The predicted molar refractivity (Wildman–Crippen MR) is 141 cm³/mol. The van der Waals surface area contributed by atoms with Crippen LogP contribution in [0.5, 0.6) is 5.75 Å². The molecule has 9 heteroatoms. The van der Waals surface area contributed by atoms with Gasteiger partial charge in [-0.2, -0.15) is 0 Å². The van der Waals surface area contributed by atoms with Gasteiger partial charge in [-0.1, -0.05) is 0 Å². The molecule has 0 spiro atoms. The Morgan fingerprint density at radius 3 is 2.94 bits per heavy atom. The minimum Gasteiger partial charge on any atom is -0.497 e. The van der Waals surface area contributed by atoms with Crippen molar-refractivity contribution in [1.29, 1.82) is 5.26 Å². The van der Waals surface area contributed by atoms with Gasteiger partial charge < -0.3 is 4.74 Å². The van der Waals surface area contributed by atoms with Crippen LogP contribution in [0.4, 0.5) is 0 Å². The molecule has 0 saturated carbocycles. The van der Waals surface area contributed by atoms with Gasteiger partial charge in [0.05, 0.1) is 12.6 Å². The number of rotatable bonds is 10. The monoisotopic (exact) mass is 573 g/mol. The first-order chi connectivity index (χ1) is 17.5. The number of carbonyl (C=O) groups excluding carboxylic acids is 1. The molecule has 1 aliphatic heterocycles. The Morgan fingerprint density at radius 2 is 2.19 bits per heavy atom. The van der Waals surface area contributed by atoms with E-state index < -0.39 is 6.10 Å². The van der Waals surface area contributed by atoms with E-state index in [-0.39, 0.29) is 32.3 Å². The van der Waals surface area contributed by atoms with E-state index in [1.807, 2.05) is 42.1 Å². The summed E-state index contributed by atoms with van der Waals surface area (Å²) in [4.78, 5) is 19.4. The van der Waals surface area contributed by atoms with E-state index in [4.69, 9.17) is 14.7 Å². The van der Waals surface area contributed by atoms with E-state index in [1.54, 1.807) is 13.3 Å². The van der Waals surface area contributed by atoms with Crippen LogP contribution in [0.15, 0.2) is 46.4 Å². The van der Waals surface area contributed by atoms with Crippen LogP contribution < -0.4 is 4.74 Å². The molecule has 0 radical (unpaired) electrons. The SMILES string of the molecule is COC(=O)[C@H]1CN(CCSc2ccc(C#N)[se]2)CC[C@H]1CCC(O)c1ccnc2ccc(OC)cc12. The molecule has 36 heavy (non-hydrogen) atoms. The number of nitriles is 1. The van der Waals surface area contributed by atoms with Gasteiger partial charge in [0.2, 0.25) is 0 Å². The van der Waals surface area contributed by atoms with E-state index in [2.05, 4.69) is 22.0 Å². The fourth-order valence-corrected chi connectivity index (χ4v) is 8.12. The van der Waals surface area contributed by atoms with Gasteiger partial charge in [-0.05, 0) is 24.3 Å². The molecule has 0 bridgehead atoms. The number of esters is 1. The summed E-state index contributed by atoms with van der Waals surface area (Å²) >= 11 is 1.95. The molecule has 4 rings (SSSR count). The minimum absolute atomic E-state index is 0.146. The quantitative estimate of drug-likeness (QED) is 0.222. The normalized spacial score (nSPS) is 19.1. The second-order valence-corrected chi connectivity index (χ2v) is 12.9. The van der Waals surface area contributed by atoms with Crippen molar-refractivity contribution in [2.24, 2.45) is 11.8 Å². The Hall–Kier alpha value is -2.34. The molecule has 1 unspecified atom stereocenters. The third kappa shape index (κ3) is 6.50. The van der Waals surface area contributed by atoms with Crippen LogP contribution in [0, 0.1) is 23.2 Å². The number of fused-ring (bicyclic) bond motifs is 1. The third-order valence-corrected chi connectivity index (χ3v) is 10.5. The Kier molecular flexibility index (Phi) is 9.47. The number of pyridine rings is 1. The van der Waals surface area contributed by atoms with Crippen molar-refractivity contribution < 1.29 is 19.4 Å². The zero-order valence-electron chi connectivity index (χ0n) is 20.6. The molecule has 0 amide bonds. The summed E-state index contributed by atoms with van der Waals surface area (Å²) in [6, 6.07) is 13.8. The first kappa shape index (κ1) is 26.7. The smallest absolute Gasteiger partial charge is 0.497 e.